The SMILES string of the molecule is O=C(COc1cccc(F)c1)N1CCCC2(CCS(=O)(=O)C2)C1. The van der Waals surface area contributed by atoms with Gasteiger partial charge in [0.15, 0.2) is 16.4 Å². The van der Waals surface area contributed by atoms with E-state index in [1.807, 2.05) is 0 Å². The van der Waals surface area contributed by atoms with Crippen molar-refractivity contribution in [2.45, 2.75) is 19.3 Å². The number of carbonyl (C=O) groups excluding carboxylic acids is 1. The van der Waals surface area contributed by atoms with Gasteiger partial charge in [0.2, 0.25) is 0 Å². The van der Waals surface area contributed by atoms with Crippen LogP contribution in [0.15, 0.2) is 24.3 Å². The van der Waals surface area contributed by atoms with Gasteiger partial charge in [0, 0.05) is 24.6 Å². The summed E-state index contributed by atoms with van der Waals surface area (Å²) >= 11 is 0. The molecule has 1 aromatic carbocycles. The first-order valence-corrected chi connectivity index (χ1v) is 9.56. The molecule has 7 heteroatoms. The number of amides is 1. The zero-order valence-corrected chi connectivity index (χ0v) is 13.6. The summed E-state index contributed by atoms with van der Waals surface area (Å²) in [6, 6.07) is 5.66. The Balaban J connectivity index is 1.59. The van der Waals surface area contributed by atoms with E-state index in [0.717, 1.165) is 12.8 Å². The highest BCUT2D eigenvalue weighted by molar-refractivity contribution is 7.91. The van der Waals surface area contributed by atoms with E-state index >= 15 is 0 Å². The minimum Gasteiger partial charge on any atom is -0.484 e. The Labute approximate surface area is 135 Å². The monoisotopic (exact) mass is 341 g/mol. The van der Waals surface area contributed by atoms with E-state index in [-0.39, 0.29) is 29.4 Å². The van der Waals surface area contributed by atoms with Gasteiger partial charge in [0.25, 0.3) is 5.91 Å². The summed E-state index contributed by atoms with van der Waals surface area (Å²) in [5.41, 5.74) is -0.286. The van der Waals surface area contributed by atoms with Crippen molar-refractivity contribution in [3.05, 3.63) is 30.1 Å². The van der Waals surface area contributed by atoms with E-state index in [0.29, 0.717) is 25.3 Å². The van der Waals surface area contributed by atoms with E-state index < -0.39 is 15.7 Å². The average Bonchev–Trinajstić information content (AvgIpc) is 2.79. The fraction of sp³-hybridized carbons (Fsp3) is 0.562. The van der Waals surface area contributed by atoms with Gasteiger partial charge in [-0.25, -0.2) is 12.8 Å². The third-order valence-corrected chi connectivity index (χ3v) is 6.52. The molecule has 1 amide bonds. The number of ether oxygens (including phenoxy) is 1. The molecule has 23 heavy (non-hydrogen) atoms. The van der Waals surface area contributed by atoms with E-state index in [9.17, 15) is 17.6 Å². The summed E-state index contributed by atoms with van der Waals surface area (Å²) in [5, 5.41) is 0. The second-order valence-electron chi connectivity index (χ2n) is 6.51. The summed E-state index contributed by atoms with van der Waals surface area (Å²) in [5.74, 6) is 0.109. The topological polar surface area (TPSA) is 63.7 Å². The maximum atomic E-state index is 13.1. The van der Waals surface area contributed by atoms with Crippen LogP contribution in [0.1, 0.15) is 19.3 Å². The zero-order chi connectivity index (χ0) is 16.5. The molecule has 1 aromatic rings. The Hall–Kier alpha value is -1.63. The van der Waals surface area contributed by atoms with Crippen molar-refractivity contribution in [1.29, 1.82) is 0 Å². The molecule has 1 spiro atoms. The van der Waals surface area contributed by atoms with E-state index in [4.69, 9.17) is 4.74 Å². The number of sulfone groups is 1. The number of piperidine rings is 1. The lowest BCUT2D eigenvalue weighted by Crippen LogP contribution is -2.48. The predicted molar refractivity (Wildman–Crippen MR) is 83.4 cm³/mol. The Morgan fingerprint density at radius 2 is 2.17 bits per heavy atom. The number of hydrogen-bond acceptors (Lipinski definition) is 4. The molecule has 0 aromatic heterocycles. The van der Waals surface area contributed by atoms with Gasteiger partial charge in [0.05, 0.1) is 11.5 Å². The van der Waals surface area contributed by atoms with Crippen LogP contribution in [-0.4, -0.2) is 50.4 Å². The van der Waals surface area contributed by atoms with Gasteiger partial charge < -0.3 is 9.64 Å². The molecule has 1 atom stereocenters. The normalized spacial score (nSPS) is 26.4. The highest BCUT2D eigenvalue weighted by Crippen LogP contribution is 2.40. The van der Waals surface area contributed by atoms with Gasteiger partial charge in [-0.1, -0.05) is 6.07 Å². The van der Waals surface area contributed by atoms with E-state index in [1.54, 1.807) is 11.0 Å². The molecule has 0 saturated carbocycles. The molecule has 0 bridgehead atoms. The molecule has 0 radical (unpaired) electrons. The van der Waals surface area contributed by atoms with E-state index in [2.05, 4.69) is 0 Å². The van der Waals surface area contributed by atoms with Crippen LogP contribution in [0.3, 0.4) is 0 Å². The third-order valence-electron chi connectivity index (χ3n) is 4.64. The van der Waals surface area contributed by atoms with Crippen LogP contribution in [0.25, 0.3) is 0 Å². The van der Waals surface area contributed by atoms with Crippen LogP contribution < -0.4 is 4.74 Å². The van der Waals surface area contributed by atoms with Gasteiger partial charge in [-0.05, 0) is 31.4 Å². The molecule has 2 aliphatic rings. The fourth-order valence-electron chi connectivity index (χ4n) is 3.52. The van der Waals surface area contributed by atoms with Crippen LogP contribution >= 0.6 is 0 Å². The van der Waals surface area contributed by atoms with Gasteiger partial charge >= 0.3 is 0 Å². The number of benzene rings is 1. The standard InChI is InChI=1S/C16H20FNO4S/c17-13-3-1-4-14(9-13)22-10-15(19)18-7-2-5-16(11-18)6-8-23(20,21)12-16/h1,3-4,9H,2,5-8,10-12H2. The summed E-state index contributed by atoms with van der Waals surface area (Å²) in [6.45, 7) is 0.928. The molecule has 126 valence electrons. The first kappa shape index (κ1) is 16.2. The predicted octanol–water partition coefficient (Wildman–Crippen LogP) is 1.63. The van der Waals surface area contributed by atoms with Crippen molar-refractivity contribution in [2.24, 2.45) is 5.41 Å². The summed E-state index contributed by atoms with van der Waals surface area (Å²) in [7, 11) is -2.97. The molecule has 2 saturated heterocycles. The second-order valence-corrected chi connectivity index (χ2v) is 8.69. The lowest BCUT2D eigenvalue weighted by atomic mass is 9.79. The first-order chi connectivity index (χ1) is 10.9. The van der Waals surface area contributed by atoms with Crippen LogP contribution in [0.2, 0.25) is 0 Å². The van der Waals surface area contributed by atoms with Crippen LogP contribution in [0.4, 0.5) is 4.39 Å². The first-order valence-electron chi connectivity index (χ1n) is 7.74. The average molecular weight is 341 g/mol. The van der Waals surface area contributed by atoms with Crippen molar-refractivity contribution >= 4 is 15.7 Å². The number of nitrogens with zero attached hydrogens (tertiary/aromatic N) is 1. The highest BCUT2D eigenvalue weighted by atomic mass is 32.2. The zero-order valence-electron chi connectivity index (χ0n) is 12.8. The summed E-state index contributed by atoms with van der Waals surface area (Å²) in [4.78, 5) is 14.0. The lowest BCUT2D eigenvalue weighted by molar-refractivity contribution is -0.136. The molecule has 2 fully saturated rings. The molecule has 0 N–H and O–H groups in total. The van der Waals surface area contributed by atoms with Gasteiger partial charge in [-0.15, -0.1) is 0 Å². The number of carbonyl (C=O) groups is 1. The molecule has 5 nitrogen and oxygen atoms in total. The maximum absolute atomic E-state index is 13.1. The Morgan fingerprint density at radius 3 is 2.87 bits per heavy atom. The van der Waals surface area contributed by atoms with Gasteiger partial charge in [-0.2, -0.15) is 0 Å². The number of halogens is 1. The fourth-order valence-corrected chi connectivity index (χ4v) is 5.72. The number of likely N-dealkylation sites (tertiary alicyclic amines) is 1. The molecule has 2 aliphatic heterocycles. The molecular formula is C16H20FNO4S. The van der Waals surface area contributed by atoms with Gasteiger partial charge in [0.1, 0.15) is 11.6 Å². The lowest BCUT2D eigenvalue weighted by Gasteiger charge is -2.39. The van der Waals surface area contributed by atoms with Gasteiger partial charge in [-0.3, -0.25) is 4.79 Å². The quantitative estimate of drug-likeness (QED) is 0.838. The molecular weight excluding hydrogens is 321 g/mol. The largest absolute Gasteiger partial charge is 0.484 e. The van der Waals surface area contributed by atoms with Crippen LogP contribution in [-0.2, 0) is 14.6 Å². The minimum atomic E-state index is -2.97. The smallest absolute Gasteiger partial charge is 0.260 e. The van der Waals surface area contributed by atoms with E-state index in [1.165, 1.54) is 18.2 Å². The summed E-state index contributed by atoms with van der Waals surface area (Å²) < 4.78 is 42.0. The number of rotatable bonds is 3. The highest BCUT2D eigenvalue weighted by Gasteiger charge is 2.45. The third kappa shape index (κ3) is 3.83. The Bertz CT molecular complexity index is 706. The van der Waals surface area contributed by atoms with Crippen molar-refractivity contribution in [3.8, 4) is 5.75 Å². The summed E-state index contributed by atoms with van der Waals surface area (Å²) in [6.07, 6.45) is 2.28. The number of hydrogen-bond donors (Lipinski definition) is 0. The Kier molecular flexibility index (Phi) is 4.31. The van der Waals surface area contributed by atoms with Crippen LogP contribution in [0, 0.1) is 11.2 Å². The van der Waals surface area contributed by atoms with Crippen molar-refractivity contribution in [2.75, 3.05) is 31.2 Å². The molecule has 3 rings (SSSR count). The minimum absolute atomic E-state index is 0.160. The molecule has 0 aliphatic carbocycles. The second kappa shape index (κ2) is 6.11. The van der Waals surface area contributed by atoms with Crippen molar-refractivity contribution in [3.63, 3.8) is 0 Å². The molecule has 2 heterocycles. The Morgan fingerprint density at radius 1 is 1.35 bits per heavy atom. The van der Waals surface area contributed by atoms with Crippen molar-refractivity contribution < 1.29 is 22.3 Å². The maximum Gasteiger partial charge on any atom is 0.260 e. The van der Waals surface area contributed by atoms with Crippen molar-refractivity contribution in [1.82, 2.24) is 4.90 Å². The molecule has 1 unspecified atom stereocenters. The van der Waals surface area contributed by atoms with Crippen LogP contribution in [0.5, 0.6) is 5.75 Å².